The van der Waals surface area contributed by atoms with Crippen LogP contribution in [0.5, 0.6) is 0 Å². The molecule has 2 aromatic carbocycles. The van der Waals surface area contributed by atoms with E-state index < -0.39 is 12.1 Å². The van der Waals surface area contributed by atoms with Gasteiger partial charge in [-0.25, -0.2) is 4.79 Å². The summed E-state index contributed by atoms with van der Waals surface area (Å²) in [6, 6.07) is 15.6. The first-order valence-corrected chi connectivity index (χ1v) is 10.0. The number of aliphatic carboxylic acids is 1. The van der Waals surface area contributed by atoms with Gasteiger partial charge >= 0.3 is 12.1 Å². The molecule has 4 rings (SSSR count). The maximum Gasteiger partial charge on any atom is 0.490 e. The molecule has 33 heavy (non-hydrogen) atoms. The van der Waals surface area contributed by atoms with Gasteiger partial charge in [0, 0.05) is 49.6 Å². The van der Waals surface area contributed by atoms with Gasteiger partial charge in [0.2, 0.25) is 0 Å². The molecular weight excluding hydrogens is 439 g/mol. The van der Waals surface area contributed by atoms with Crippen molar-refractivity contribution >= 4 is 22.6 Å². The number of carboxylic acid groups (broad SMARTS) is 1. The number of rotatable bonds is 3. The quantitative estimate of drug-likeness (QED) is 0.557. The van der Waals surface area contributed by atoms with Crippen molar-refractivity contribution in [3.63, 3.8) is 0 Å². The molecule has 0 bridgehead atoms. The van der Waals surface area contributed by atoms with Crippen molar-refractivity contribution in [2.75, 3.05) is 13.1 Å². The predicted octanol–water partition coefficient (Wildman–Crippen LogP) is 2.79. The van der Waals surface area contributed by atoms with E-state index in [-0.39, 0.29) is 17.4 Å². The largest absolute Gasteiger partial charge is 0.490 e. The number of halogens is 3. The second-order valence-electron chi connectivity index (χ2n) is 7.54. The van der Waals surface area contributed by atoms with Crippen molar-refractivity contribution in [2.24, 2.45) is 7.05 Å². The maximum absolute atomic E-state index is 12.8. The molecule has 0 saturated carbocycles. The molecule has 0 spiro atoms. The zero-order chi connectivity index (χ0) is 24.2. The molecule has 2 heterocycles. The highest BCUT2D eigenvalue weighted by Gasteiger charge is 2.38. The van der Waals surface area contributed by atoms with E-state index in [9.17, 15) is 22.8 Å². The number of aryl methyl sites for hydroxylation is 1. The average Bonchev–Trinajstić information content (AvgIpc) is 2.79. The van der Waals surface area contributed by atoms with E-state index in [1.54, 1.807) is 19.3 Å². The minimum absolute atomic E-state index is 0.0949. The van der Waals surface area contributed by atoms with Crippen molar-refractivity contribution in [3.05, 3.63) is 81.8 Å². The maximum atomic E-state index is 12.8. The Labute approximate surface area is 186 Å². The van der Waals surface area contributed by atoms with Crippen LogP contribution in [-0.2, 0) is 18.4 Å². The van der Waals surface area contributed by atoms with Gasteiger partial charge in [0.05, 0.1) is 5.56 Å². The Morgan fingerprint density at radius 1 is 1.12 bits per heavy atom. The summed E-state index contributed by atoms with van der Waals surface area (Å²) in [7, 11) is 1.67. The highest BCUT2D eigenvalue weighted by molar-refractivity contribution is 6.06. The molecule has 3 N–H and O–H groups in total. The van der Waals surface area contributed by atoms with Gasteiger partial charge in [-0.05, 0) is 17.2 Å². The summed E-state index contributed by atoms with van der Waals surface area (Å²) in [5.74, 6) is -2.67. The third-order valence-corrected chi connectivity index (χ3v) is 5.29. The highest BCUT2D eigenvalue weighted by atomic mass is 19.4. The molecule has 174 valence electrons. The van der Waals surface area contributed by atoms with Crippen molar-refractivity contribution in [3.8, 4) is 0 Å². The number of carbonyl (C=O) groups excluding carboxylic acids is 1. The van der Waals surface area contributed by atoms with Gasteiger partial charge in [-0.3, -0.25) is 9.59 Å². The third-order valence-electron chi connectivity index (χ3n) is 5.29. The summed E-state index contributed by atoms with van der Waals surface area (Å²) in [5, 5.41) is 14.8. The molecule has 1 aliphatic rings. The number of amides is 1. The minimum Gasteiger partial charge on any atom is -0.475 e. The molecule has 0 aliphatic carbocycles. The number of carboxylic acids is 1. The fourth-order valence-corrected chi connectivity index (χ4v) is 3.67. The second-order valence-corrected chi connectivity index (χ2v) is 7.54. The van der Waals surface area contributed by atoms with E-state index in [1.807, 2.05) is 30.3 Å². The van der Waals surface area contributed by atoms with Crippen LogP contribution in [-0.4, -0.2) is 40.8 Å². The lowest BCUT2D eigenvalue weighted by atomic mass is 9.91. The normalized spacial score (nSPS) is 15.2. The van der Waals surface area contributed by atoms with Crippen LogP contribution in [0.25, 0.3) is 10.8 Å². The molecule has 1 aliphatic heterocycles. The summed E-state index contributed by atoms with van der Waals surface area (Å²) >= 11 is 0. The van der Waals surface area contributed by atoms with Gasteiger partial charge in [0.25, 0.3) is 11.5 Å². The Balaban J connectivity index is 0.000000383. The van der Waals surface area contributed by atoms with Crippen LogP contribution in [0.4, 0.5) is 13.2 Å². The fourth-order valence-electron chi connectivity index (χ4n) is 3.67. The Morgan fingerprint density at radius 3 is 2.39 bits per heavy atom. The van der Waals surface area contributed by atoms with E-state index >= 15 is 0 Å². The van der Waals surface area contributed by atoms with E-state index in [2.05, 4.69) is 22.8 Å². The lowest BCUT2D eigenvalue weighted by Crippen LogP contribution is -2.37. The first kappa shape index (κ1) is 24.0. The van der Waals surface area contributed by atoms with Gasteiger partial charge in [-0.2, -0.15) is 13.2 Å². The standard InChI is InChI=1S/C21H21N3O2.C2HF3O2/c1-24-13-19(17-8-4-5-9-18(17)21(24)26)20(25)23-12-15-11-22-10-14-6-2-3-7-16(14)15;3-2(4,5)1(6)7/h2-9,13,15,22H,10-12H2,1H3,(H,23,25);(H,6,7). The molecule has 0 saturated heterocycles. The number of nitrogens with one attached hydrogen (secondary N) is 2. The van der Waals surface area contributed by atoms with Crippen molar-refractivity contribution < 1.29 is 27.9 Å². The summed E-state index contributed by atoms with van der Waals surface area (Å²) in [6.45, 7) is 2.26. The van der Waals surface area contributed by atoms with Crippen molar-refractivity contribution in [1.82, 2.24) is 15.2 Å². The third kappa shape index (κ3) is 5.58. The van der Waals surface area contributed by atoms with Gasteiger partial charge in [0.15, 0.2) is 0 Å². The number of benzene rings is 2. The van der Waals surface area contributed by atoms with Crippen LogP contribution in [0, 0.1) is 0 Å². The monoisotopic (exact) mass is 461 g/mol. The summed E-state index contributed by atoms with van der Waals surface area (Å²) < 4.78 is 33.2. The summed E-state index contributed by atoms with van der Waals surface area (Å²) in [4.78, 5) is 34.0. The van der Waals surface area contributed by atoms with Crippen LogP contribution in [0.15, 0.2) is 59.5 Å². The topological polar surface area (TPSA) is 100 Å². The van der Waals surface area contributed by atoms with Gasteiger partial charge in [-0.15, -0.1) is 0 Å². The molecule has 1 aromatic heterocycles. The molecular formula is C23H22F3N3O4. The Morgan fingerprint density at radius 2 is 1.73 bits per heavy atom. The van der Waals surface area contributed by atoms with Crippen LogP contribution in [0.3, 0.4) is 0 Å². The van der Waals surface area contributed by atoms with Crippen molar-refractivity contribution in [2.45, 2.75) is 18.6 Å². The van der Waals surface area contributed by atoms with E-state index in [4.69, 9.17) is 9.90 Å². The molecule has 1 atom stereocenters. The number of fused-ring (bicyclic) bond motifs is 2. The van der Waals surface area contributed by atoms with Crippen molar-refractivity contribution in [1.29, 1.82) is 0 Å². The first-order chi connectivity index (χ1) is 15.6. The Hall–Kier alpha value is -3.66. The highest BCUT2D eigenvalue weighted by Crippen LogP contribution is 2.23. The molecule has 0 radical (unpaired) electrons. The van der Waals surface area contributed by atoms with E-state index in [0.29, 0.717) is 22.9 Å². The first-order valence-electron chi connectivity index (χ1n) is 10.0. The van der Waals surface area contributed by atoms with Crippen LogP contribution >= 0.6 is 0 Å². The average molecular weight is 461 g/mol. The number of carbonyl (C=O) groups is 2. The van der Waals surface area contributed by atoms with Gasteiger partial charge in [-0.1, -0.05) is 42.5 Å². The van der Waals surface area contributed by atoms with E-state index in [1.165, 1.54) is 15.7 Å². The number of hydrogen-bond donors (Lipinski definition) is 3. The summed E-state index contributed by atoms with van der Waals surface area (Å²) in [6.07, 6.45) is -3.47. The molecule has 10 heteroatoms. The van der Waals surface area contributed by atoms with Crippen LogP contribution < -0.4 is 16.2 Å². The predicted molar refractivity (Wildman–Crippen MR) is 116 cm³/mol. The molecule has 3 aromatic rings. The minimum atomic E-state index is -5.08. The summed E-state index contributed by atoms with van der Waals surface area (Å²) in [5.41, 5.74) is 3.00. The zero-order valence-corrected chi connectivity index (χ0v) is 17.6. The smallest absolute Gasteiger partial charge is 0.475 e. The number of pyridine rings is 1. The number of hydrogen-bond acceptors (Lipinski definition) is 4. The van der Waals surface area contributed by atoms with Crippen LogP contribution in [0.2, 0.25) is 0 Å². The number of aromatic nitrogens is 1. The van der Waals surface area contributed by atoms with E-state index in [0.717, 1.165) is 13.1 Å². The van der Waals surface area contributed by atoms with Gasteiger partial charge < -0.3 is 20.3 Å². The Kier molecular flexibility index (Phi) is 7.17. The Bertz CT molecular complexity index is 1240. The molecule has 1 unspecified atom stereocenters. The van der Waals surface area contributed by atoms with Crippen LogP contribution in [0.1, 0.15) is 27.4 Å². The number of alkyl halides is 3. The van der Waals surface area contributed by atoms with Gasteiger partial charge in [0.1, 0.15) is 0 Å². The fraction of sp³-hybridized carbons (Fsp3) is 0.261. The molecule has 0 fully saturated rings. The molecule has 7 nitrogen and oxygen atoms in total. The second kappa shape index (κ2) is 9.86. The zero-order valence-electron chi connectivity index (χ0n) is 17.6. The number of nitrogens with zero attached hydrogens (tertiary/aromatic N) is 1. The SMILES string of the molecule is Cn1cc(C(=O)NCC2CNCc3ccccc32)c2ccccc2c1=O.O=C(O)C(F)(F)F. The lowest BCUT2D eigenvalue weighted by molar-refractivity contribution is -0.192. The molecule has 1 amide bonds. The lowest BCUT2D eigenvalue weighted by Gasteiger charge is -2.26.